The van der Waals surface area contributed by atoms with E-state index in [2.05, 4.69) is 15.6 Å². The minimum Gasteiger partial charge on any atom is -0.335 e. The summed E-state index contributed by atoms with van der Waals surface area (Å²) in [6, 6.07) is 9.58. The van der Waals surface area contributed by atoms with Crippen LogP contribution in [0.1, 0.15) is 13.3 Å². The molecule has 118 valence electrons. The lowest BCUT2D eigenvalue weighted by atomic mass is 10.2. The van der Waals surface area contributed by atoms with Gasteiger partial charge in [-0.1, -0.05) is 41.7 Å². The largest absolute Gasteiger partial charge is 0.335 e. The smallest absolute Gasteiger partial charge is 0.321 e. The third kappa shape index (κ3) is 5.23. The van der Waals surface area contributed by atoms with E-state index in [9.17, 15) is 9.00 Å². The maximum atomic E-state index is 11.9. The number of nitrogens with zero attached hydrogens (tertiary/aromatic N) is 1. The molecule has 0 fully saturated rings. The molecule has 0 aliphatic heterocycles. The lowest BCUT2D eigenvalue weighted by molar-refractivity contribution is 0.249. The normalized spacial score (nSPS) is 13.4. The summed E-state index contributed by atoms with van der Waals surface area (Å²) in [5.74, 6) is 0.580. The maximum Gasteiger partial charge on any atom is 0.321 e. The monoisotopic (exact) mass is 337 g/mol. The van der Waals surface area contributed by atoms with E-state index in [1.54, 1.807) is 12.5 Å². The van der Waals surface area contributed by atoms with Gasteiger partial charge in [-0.25, -0.2) is 9.78 Å². The fraction of sp³-hybridized carbons (Fsp3) is 0.333. The van der Waals surface area contributed by atoms with Gasteiger partial charge in [0.2, 0.25) is 0 Å². The molecule has 22 heavy (non-hydrogen) atoms. The number of carbonyl (C=O) groups is 1. The quantitative estimate of drug-likeness (QED) is 0.851. The van der Waals surface area contributed by atoms with Gasteiger partial charge < -0.3 is 5.32 Å². The first-order valence-corrected chi connectivity index (χ1v) is 9.48. The molecular formula is C15H19N3O2S2. The van der Waals surface area contributed by atoms with Crippen molar-refractivity contribution in [3.8, 4) is 10.4 Å². The van der Waals surface area contributed by atoms with E-state index >= 15 is 0 Å². The minimum atomic E-state index is -0.839. The Bertz CT molecular complexity index is 643. The molecule has 0 aliphatic carbocycles. The van der Waals surface area contributed by atoms with Gasteiger partial charge in [0.15, 0.2) is 5.13 Å². The molecule has 2 aromatic rings. The Labute approximate surface area is 136 Å². The van der Waals surface area contributed by atoms with Crippen LogP contribution in [0.5, 0.6) is 0 Å². The van der Waals surface area contributed by atoms with Crippen LogP contribution >= 0.6 is 11.3 Å². The van der Waals surface area contributed by atoms with Gasteiger partial charge >= 0.3 is 6.03 Å². The van der Waals surface area contributed by atoms with E-state index in [-0.39, 0.29) is 12.1 Å². The lowest BCUT2D eigenvalue weighted by Gasteiger charge is -2.12. The van der Waals surface area contributed by atoms with Crippen molar-refractivity contribution < 1.29 is 9.00 Å². The number of hydrogen-bond donors (Lipinski definition) is 2. The summed E-state index contributed by atoms with van der Waals surface area (Å²) < 4.78 is 11.0. The Balaban J connectivity index is 1.87. The number of benzene rings is 1. The van der Waals surface area contributed by atoms with Crippen LogP contribution in [0.4, 0.5) is 9.93 Å². The highest BCUT2D eigenvalue weighted by Crippen LogP contribution is 2.28. The summed E-state index contributed by atoms with van der Waals surface area (Å²) in [5, 5.41) is 6.11. The Hall–Kier alpha value is -1.73. The van der Waals surface area contributed by atoms with Crippen molar-refractivity contribution in [2.45, 2.75) is 19.4 Å². The van der Waals surface area contributed by atoms with Crippen LogP contribution < -0.4 is 10.6 Å². The molecule has 2 rings (SSSR count). The van der Waals surface area contributed by atoms with Crippen molar-refractivity contribution in [3.05, 3.63) is 36.5 Å². The molecule has 1 aromatic carbocycles. The molecule has 0 spiro atoms. The van der Waals surface area contributed by atoms with Crippen molar-refractivity contribution in [2.24, 2.45) is 0 Å². The molecule has 2 amide bonds. The third-order valence-electron chi connectivity index (χ3n) is 3.00. The van der Waals surface area contributed by atoms with E-state index in [0.29, 0.717) is 17.3 Å². The van der Waals surface area contributed by atoms with Crippen LogP contribution in [0.3, 0.4) is 0 Å². The number of carbonyl (C=O) groups excluding carboxylic acids is 1. The standard InChI is InChI=1S/C15H19N3O2S2/c1-11(8-9-22(2)20)17-14(19)18-15-16-10-13(21-15)12-6-4-3-5-7-12/h3-7,10-11H,8-9H2,1-2H3,(H2,16,17,18,19)/t11-,22-/m0/s1. The van der Waals surface area contributed by atoms with Crippen LogP contribution in [-0.2, 0) is 10.8 Å². The molecule has 0 unspecified atom stereocenters. The zero-order chi connectivity index (χ0) is 15.9. The van der Waals surface area contributed by atoms with Crippen LogP contribution in [0, 0.1) is 0 Å². The van der Waals surface area contributed by atoms with Gasteiger partial charge in [0.25, 0.3) is 0 Å². The van der Waals surface area contributed by atoms with Crippen molar-refractivity contribution in [2.75, 3.05) is 17.3 Å². The molecule has 0 aliphatic rings. The molecule has 0 bridgehead atoms. The second-order valence-corrected chi connectivity index (χ2v) is 7.55. The highest BCUT2D eigenvalue weighted by atomic mass is 32.2. The van der Waals surface area contributed by atoms with Gasteiger partial charge in [-0.2, -0.15) is 0 Å². The molecular weight excluding hydrogens is 318 g/mol. The van der Waals surface area contributed by atoms with E-state index in [0.717, 1.165) is 10.4 Å². The van der Waals surface area contributed by atoms with Crippen molar-refractivity contribution in [1.29, 1.82) is 0 Å². The van der Waals surface area contributed by atoms with Gasteiger partial charge in [0.1, 0.15) is 0 Å². The van der Waals surface area contributed by atoms with Crippen molar-refractivity contribution in [1.82, 2.24) is 10.3 Å². The summed E-state index contributed by atoms with van der Waals surface area (Å²) >= 11 is 1.43. The van der Waals surface area contributed by atoms with Crippen LogP contribution in [0.25, 0.3) is 10.4 Å². The second-order valence-electron chi connectivity index (χ2n) is 4.96. The Kier molecular flexibility index (Phi) is 6.09. The summed E-state index contributed by atoms with van der Waals surface area (Å²) in [7, 11) is -0.839. The zero-order valence-corrected chi connectivity index (χ0v) is 14.2. The first kappa shape index (κ1) is 16.6. The predicted octanol–water partition coefficient (Wildman–Crippen LogP) is 3.09. The van der Waals surface area contributed by atoms with Gasteiger partial charge in [-0.3, -0.25) is 9.53 Å². The number of rotatable bonds is 6. The molecule has 0 saturated carbocycles. The van der Waals surface area contributed by atoms with Crippen molar-refractivity contribution in [3.63, 3.8) is 0 Å². The fourth-order valence-electron chi connectivity index (χ4n) is 1.84. The average Bonchev–Trinajstić information content (AvgIpc) is 2.94. The maximum absolute atomic E-state index is 11.9. The minimum absolute atomic E-state index is 0.0301. The molecule has 1 heterocycles. The van der Waals surface area contributed by atoms with Crippen LogP contribution in [-0.4, -0.2) is 33.3 Å². The molecule has 5 nitrogen and oxygen atoms in total. The SMILES string of the molecule is C[C@@H](CC[S@](C)=O)NC(=O)Nc1ncc(-c2ccccc2)s1. The van der Waals surface area contributed by atoms with Crippen molar-refractivity contribution >= 4 is 33.3 Å². The molecule has 7 heteroatoms. The number of nitrogens with one attached hydrogen (secondary N) is 2. The van der Waals surface area contributed by atoms with Gasteiger partial charge in [0, 0.05) is 35.0 Å². The van der Waals surface area contributed by atoms with Gasteiger partial charge in [0.05, 0.1) is 4.88 Å². The molecule has 0 radical (unpaired) electrons. The molecule has 2 atom stereocenters. The number of hydrogen-bond acceptors (Lipinski definition) is 4. The summed E-state index contributed by atoms with van der Waals surface area (Å²) in [5.41, 5.74) is 1.08. The predicted molar refractivity (Wildman–Crippen MR) is 92.7 cm³/mol. The first-order valence-electron chi connectivity index (χ1n) is 6.93. The zero-order valence-electron chi connectivity index (χ0n) is 12.5. The van der Waals surface area contributed by atoms with E-state index in [1.165, 1.54) is 11.3 Å². The van der Waals surface area contributed by atoms with Crippen LogP contribution in [0.15, 0.2) is 36.5 Å². The Morgan fingerprint density at radius 3 is 2.77 bits per heavy atom. The summed E-state index contributed by atoms with van der Waals surface area (Å²) in [6.45, 7) is 1.89. The summed E-state index contributed by atoms with van der Waals surface area (Å²) in [4.78, 5) is 17.1. The topological polar surface area (TPSA) is 71.1 Å². The second kappa shape index (κ2) is 8.05. The van der Waals surface area contributed by atoms with Gasteiger partial charge in [-0.05, 0) is 18.9 Å². The number of aromatic nitrogens is 1. The third-order valence-corrected chi connectivity index (χ3v) is 4.77. The highest BCUT2D eigenvalue weighted by molar-refractivity contribution is 7.84. The molecule has 1 aromatic heterocycles. The van der Waals surface area contributed by atoms with Crippen LogP contribution in [0.2, 0.25) is 0 Å². The summed E-state index contributed by atoms with van der Waals surface area (Å²) in [6.07, 6.45) is 4.09. The number of urea groups is 1. The average molecular weight is 337 g/mol. The fourth-order valence-corrected chi connectivity index (χ4v) is 3.34. The first-order chi connectivity index (χ1) is 10.5. The number of amides is 2. The molecule has 0 saturated heterocycles. The Morgan fingerprint density at radius 2 is 2.09 bits per heavy atom. The van der Waals surface area contributed by atoms with E-state index in [1.807, 2.05) is 37.3 Å². The van der Waals surface area contributed by atoms with Gasteiger partial charge in [-0.15, -0.1) is 0 Å². The number of anilines is 1. The highest BCUT2D eigenvalue weighted by Gasteiger charge is 2.10. The number of thiazole rings is 1. The Morgan fingerprint density at radius 1 is 1.36 bits per heavy atom. The lowest BCUT2D eigenvalue weighted by Crippen LogP contribution is -2.36. The van der Waals surface area contributed by atoms with E-state index in [4.69, 9.17) is 0 Å². The molecule has 2 N–H and O–H groups in total. The van der Waals surface area contributed by atoms with E-state index < -0.39 is 10.8 Å².